The van der Waals surface area contributed by atoms with Crippen molar-refractivity contribution in [3.8, 4) is 11.5 Å². The molecule has 5 rings (SSSR count). The first-order valence-electron chi connectivity index (χ1n) is 9.53. The van der Waals surface area contributed by atoms with Crippen LogP contribution in [0.5, 0.6) is 0 Å². The maximum atomic E-state index is 12.9. The number of hydrogen-bond donors (Lipinski definition) is 1. The van der Waals surface area contributed by atoms with Gasteiger partial charge in [0.1, 0.15) is 17.3 Å². The number of oxazole rings is 1. The van der Waals surface area contributed by atoms with Crippen LogP contribution < -0.4 is 10.2 Å². The lowest BCUT2D eigenvalue weighted by atomic mass is 10.2. The van der Waals surface area contributed by atoms with Crippen molar-refractivity contribution in [1.82, 2.24) is 20.3 Å². The molecule has 1 fully saturated rings. The number of amides is 1. The molecule has 1 aliphatic heterocycles. The summed E-state index contributed by atoms with van der Waals surface area (Å²) in [5, 5.41) is 2.98. The Bertz CT molecular complexity index is 1110. The van der Waals surface area contributed by atoms with Crippen LogP contribution in [0, 0.1) is 0 Å². The normalized spacial score (nSPS) is 16.4. The van der Waals surface area contributed by atoms with Gasteiger partial charge in [0, 0.05) is 18.9 Å². The van der Waals surface area contributed by atoms with E-state index in [1.54, 1.807) is 24.7 Å². The highest BCUT2D eigenvalue weighted by Gasteiger charge is 2.33. The van der Waals surface area contributed by atoms with Gasteiger partial charge in [-0.15, -0.1) is 0 Å². The Kier molecular flexibility index (Phi) is 4.44. The van der Waals surface area contributed by atoms with Crippen LogP contribution in [-0.2, 0) is 11.3 Å². The predicted molar refractivity (Wildman–Crippen MR) is 106 cm³/mol. The minimum Gasteiger partial charge on any atom is -0.463 e. The fraction of sp³-hybridized carbons (Fsp3) is 0.238. The molecule has 1 aliphatic rings. The number of carbonyl (C=O) groups excluding carboxylic acids is 1. The molecule has 1 saturated heterocycles. The highest BCUT2D eigenvalue weighted by atomic mass is 16.4. The number of aromatic nitrogens is 3. The van der Waals surface area contributed by atoms with Crippen molar-refractivity contribution in [1.29, 1.82) is 0 Å². The largest absolute Gasteiger partial charge is 0.463 e. The summed E-state index contributed by atoms with van der Waals surface area (Å²) in [4.78, 5) is 28.1. The molecule has 8 nitrogen and oxygen atoms in total. The highest BCUT2D eigenvalue weighted by Crippen LogP contribution is 2.28. The lowest BCUT2D eigenvalue weighted by Gasteiger charge is -2.22. The van der Waals surface area contributed by atoms with Crippen LogP contribution in [0.3, 0.4) is 0 Å². The molecule has 146 valence electrons. The van der Waals surface area contributed by atoms with Gasteiger partial charge in [0.15, 0.2) is 11.3 Å². The van der Waals surface area contributed by atoms with E-state index >= 15 is 0 Å². The number of fused-ring (bicyclic) bond motifs is 1. The molecular formula is C21H19N5O3. The third-order valence-electron chi connectivity index (χ3n) is 5.04. The van der Waals surface area contributed by atoms with Crippen molar-refractivity contribution < 1.29 is 13.6 Å². The lowest BCUT2D eigenvalue weighted by molar-refractivity contribution is -0.122. The molecule has 1 atom stereocenters. The molecule has 1 N–H and O–H groups in total. The van der Waals surface area contributed by atoms with Crippen LogP contribution >= 0.6 is 0 Å². The topological polar surface area (TPSA) is 97.3 Å². The quantitative estimate of drug-likeness (QED) is 0.560. The molecule has 3 aromatic heterocycles. The van der Waals surface area contributed by atoms with E-state index in [9.17, 15) is 4.79 Å². The number of hydrogen-bond acceptors (Lipinski definition) is 7. The van der Waals surface area contributed by atoms with Crippen LogP contribution in [0.15, 0.2) is 63.9 Å². The van der Waals surface area contributed by atoms with Crippen molar-refractivity contribution in [3.05, 3.63) is 60.7 Å². The summed E-state index contributed by atoms with van der Waals surface area (Å²) in [6, 6.07) is 11.4. The van der Waals surface area contributed by atoms with Crippen molar-refractivity contribution in [2.24, 2.45) is 0 Å². The van der Waals surface area contributed by atoms with Crippen molar-refractivity contribution in [2.75, 3.05) is 11.4 Å². The van der Waals surface area contributed by atoms with Gasteiger partial charge in [-0.2, -0.15) is 4.98 Å². The monoisotopic (exact) mass is 389 g/mol. The Hall–Kier alpha value is -3.68. The van der Waals surface area contributed by atoms with Crippen LogP contribution in [-0.4, -0.2) is 33.4 Å². The molecule has 0 spiro atoms. The molecule has 0 radical (unpaired) electrons. The zero-order valence-electron chi connectivity index (χ0n) is 15.6. The molecular weight excluding hydrogens is 370 g/mol. The van der Waals surface area contributed by atoms with Gasteiger partial charge in [-0.1, -0.05) is 12.1 Å². The first-order chi connectivity index (χ1) is 14.3. The fourth-order valence-corrected chi connectivity index (χ4v) is 3.66. The Morgan fingerprint density at radius 3 is 2.93 bits per heavy atom. The van der Waals surface area contributed by atoms with E-state index in [1.165, 1.54) is 0 Å². The molecule has 8 heteroatoms. The molecule has 0 saturated carbocycles. The van der Waals surface area contributed by atoms with Crippen molar-refractivity contribution in [2.45, 2.75) is 25.4 Å². The zero-order chi connectivity index (χ0) is 19.6. The highest BCUT2D eigenvalue weighted by molar-refractivity contribution is 5.86. The maximum Gasteiger partial charge on any atom is 0.299 e. The number of nitrogens with zero attached hydrogens (tertiary/aromatic N) is 4. The van der Waals surface area contributed by atoms with Gasteiger partial charge in [0.2, 0.25) is 5.91 Å². The van der Waals surface area contributed by atoms with E-state index < -0.39 is 0 Å². The Morgan fingerprint density at radius 2 is 2.07 bits per heavy atom. The Labute approximate surface area is 166 Å². The Morgan fingerprint density at radius 1 is 1.17 bits per heavy atom. The van der Waals surface area contributed by atoms with Gasteiger partial charge < -0.3 is 19.1 Å². The summed E-state index contributed by atoms with van der Waals surface area (Å²) in [6.45, 7) is 0.994. The lowest BCUT2D eigenvalue weighted by Crippen LogP contribution is -2.43. The summed E-state index contributed by atoms with van der Waals surface area (Å²) < 4.78 is 11.3. The molecule has 1 aromatic carbocycles. The van der Waals surface area contributed by atoms with Crippen LogP contribution in [0.25, 0.3) is 22.6 Å². The second-order valence-corrected chi connectivity index (χ2v) is 6.86. The minimum absolute atomic E-state index is 0.0826. The second-order valence-electron chi connectivity index (χ2n) is 6.86. The van der Waals surface area contributed by atoms with Gasteiger partial charge in [-0.3, -0.25) is 9.78 Å². The number of carbonyl (C=O) groups is 1. The maximum absolute atomic E-state index is 12.9. The van der Waals surface area contributed by atoms with E-state index in [2.05, 4.69) is 20.3 Å². The Balaban J connectivity index is 1.32. The average molecular weight is 389 g/mol. The van der Waals surface area contributed by atoms with E-state index in [0.29, 0.717) is 23.2 Å². The van der Waals surface area contributed by atoms with E-state index in [4.69, 9.17) is 8.83 Å². The summed E-state index contributed by atoms with van der Waals surface area (Å²) in [5.41, 5.74) is 2.79. The van der Waals surface area contributed by atoms with Gasteiger partial charge in [-0.25, -0.2) is 4.98 Å². The van der Waals surface area contributed by atoms with Gasteiger partial charge in [0.05, 0.1) is 18.5 Å². The first-order valence-corrected chi connectivity index (χ1v) is 9.53. The number of furan rings is 1. The molecule has 0 aliphatic carbocycles. The van der Waals surface area contributed by atoms with E-state index in [-0.39, 0.29) is 18.5 Å². The SMILES string of the molecule is O=C(NCc1nccnc1-c1ccco1)C1CCCN1c1nc2ccccc2o1. The zero-order valence-corrected chi connectivity index (χ0v) is 15.6. The third kappa shape index (κ3) is 3.33. The molecule has 4 aromatic rings. The molecule has 1 unspecified atom stereocenters. The third-order valence-corrected chi connectivity index (χ3v) is 5.04. The predicted octanol–water partition coefficient (Wildman–Crippen LogP) is 3.16. The summed E-state index contributed by atoms with van der Waals surface area (Å²) >= 11 is 0. The summed E-state index contributed by atoms with van der Waals surface area (Å²) in [5.74, 6) is 0.539. The summed E-state index contributed by atoms with van der Waals surface area (Å²) in [7, 11) is 0. The van der Waals surface area contributed by atoms with Crippen LogP contribution in [0.2, 0.25) is 0 Å². The molecule has 0 bridgehead atoms. The van der Waals surface area contributed by atoms with E-state index in [1.807, 2.05) is 35.2 Å². The second kappa shape index (κ2) is 7.38. The first kappa shape index (κ1) is 17.4. The average Bonchev–Trinajstić information content (AvgIpc) is 3.51. The molecule has 1 amide bonds. The van der Waals surface area contributed by atoms with E-state index in [0.717, 1.165) is 30.5 Å². The number of nitrogens with one attached hydrogen (secondary N) is 1. The number of anilines is 1. The number of benzene rings is 1. The fourth-order valence-electron chi connectivity index (χ4n) is 3.66. The number of rotatable bonds is 5. The van der Waals surface area contributed by atoms with Crippen molar-refractivity contribution >= 4 is 23.0 Å². The standard InChI is InChI=1S/C21H19N5O3/c27-20(24-13-15-19(23-10-9-22-15)18-8-4-12-28-18)16-6-3-11-26(16)21-25-14-5-1-2-7-17(14)29-21/h1-2,4-5,7-10,12,16H,3,6,11,13H2,(H,24,27). The van der Waals surface area contributed by atoms with Gasteiger partial charge in [0.25, 0.3) is 6.01 Å². The number of para-hydroxylation sites is 2. The summed E-state index contributed by atoms with van der Waals surface area (Å²) in [6.07, 6.45) is 6.45. The molecule has 29 heavy (non-hydrogen) atoms. The molecule has 4 heterocycles. The van der Waals surface area contributed by atoms with Crippen LogP contribution in [0.4, 0.5) is 6.01 Å². The van der Waals surface area contributed by atoms with Crippen molar-refractivity contribution in [3.63, 3.8) is 0 Å². The smallest absolute Gasteiger partial charge is 0.299 e. The van der Waals surface area contributed by atoms with Gasteiger partial charge >= 0.3 is 0 Å². The van der Waals surface area contributed by atoms with Crippen LogP contribution in [0.1, 0.15) is 18.5 Å². The van der Waals surface area contributed by atoms with Gasteiger partial charge in [-0.05, 0) is 37.1 Å². The minimum atomic E-state index is -0.327.